The van der Waals surface area contributed by atoms with Gasteiger partial charge in [0.25, 0.3) is 5.91 Å². The second-order valence-corrected chi connectivity index (χ2v) is 6.24. The van der Waals surface area contributed by atoms with Crippen LogP contribution < -0.4 is 0 Å². The summed E-state index contributed by atoms with van der Waals surface area (Å²) in [6, 6.07) is 9.57. The summed E-state index contributed by atoms with van der Waals surface area (Å²) >= 11 is 3.50. The summed E-state index contributed by atoms with van der Waals surface area (Å²) in [5.74, 6) is 0.0254. The maximum atomic E-state index is 12.4. The van der Waals surface area contributed by atoms with Gasteiger partial charge in [-0.1, -0.05) is 41.1 Å². The van der Waals surface area contributed by atoms with E-state index in [0.717, 1.165) is 23.9 Å². The molecule has 1 aromatic carbocycles. The predicted molar refractivity (Wildman–Crippen MR) is 81.7 cm³/mol. The van der Waals surface area contributed by atoms with Gasteiger partial charge in [-0.2, -0.15) is 0 Å². The Morgan fingerprint density at radius 2 is 2.11 bits per heavy atom. The lowest BCUT2D eigenvalue weighted by atomic mass is 10.1. The summed E-state index contributed by atoms with van der Waals surface area (Å²) in [7, 11) is 1.83. The molecule has 0 fully saturated rings. The van der Waals surface area contributed by atoms with Crippen LogP contribution in [0.25, 0.3) is 10.9 Å². The summed E-state index contributed by atoms with van der Waals surface area (Å²) in [6.07, 6.45) is 2.65. The number of pyridine rings is 1. The van der Waals surface area contributed by atoms with Crippen LogP contribution >= 0.6 is 15.9 Å². The Kier molecular flexibility index (Phi) is 4.53. The third-order valence-electron chi connectivity index (χ3n) is 3.07. The van der Waals surface area contributed by atoms with Gasteiger partial charge in [0.15, 0.2) is 0 Å². The quantitative estimate of drug-likeness (QED) is 0.808. The zero-order valence-electron chi connectivity index (χ0n) is 11.1. The van der Waals surface area contributed by atoms with Crippen LogP contribution in [0.2, 0.25) is 0 Å². The maximum Gasteiger partial charge on any atom is 0.255 e. The Labute approximate surface area is 121 Å². The average Bonchev–Trinajstić information content (AvgIpc) is 2.43. The van der Waals surface area contributed by atoms with Crippen molar-refractivity contribution in [2.45, 2.75) is 18.2 Å². The van der Waals surface area contributed by atoms with Crippen LogP contribution in [-0.4, -0.2) is 34.2 Å². The van der Waals surface area contributed by atoms with E-state index in [1.807, 2.05) is 37.4 Å². The Morgan fingerprint density at radius 3 is 2.84 bits per heavy atom. The minimum atomic E-state index is 0.0254. The molecular weight excluding hydrogens is 304 g/mol. The van der Waals surface area contributed by atoms with Crippen molar-refractivity contribution in [3.05, 3.63) is 42.1 Å². The molecule has 0 aliphatic heterocycles. The molecule has 0 N–H and O–H groups in total. The van der Waals surface area contributed by atoms with Crippen LogP contribution in [0.3, 0.4) is 0 Å². The fourth-order valence-electron chi connectivity index (χ4n) is 1.96. The van der Waals surface area contributed by atoms with Crippen molar-refractivity contribution in [3.63, 3.8) is 0 Å². The van der Waals surface area contributed by atoms with Crippen molar-refractivity contribution in [2.75, 3.05) is 13.6 Å². The lowest BCUT2D eigenvalue weighted by Gasteiger charge is -2.18. The van der Waals surface area contributed by atoms with Crippen LogP contribution in [0.5, 0.6) is 0 Å². The predicted octanol–water partition coefficient (Wildman–Crippen LogP) is 3.48. The minimum absolute atomic E-state index is 0.0254. The summed E-state index contributed by atoms with van der Waals surface area (Å²) in [6.45, 7) is 2.81. The van der Waals surface area contributed by atoms with Gasteiger partial charge in [-0.3, -0.25) is 9.78 Å². The van der Waals surface area contributed by atoms with Gasteiger partial charge in [0, 0.05) is 30.0 Å². The molecule has 100 valence electrons. The van der Waals surface area contributed by atoms with Gasteiger partial charge in [0.1, 0.15) is 0 Å². The highest BCUT2D eigenvalue weighted by molar-refractivity contribution is 9.09. The fourth-order valence-corrected chi connectivity index (χ4v) is 2.16. The molecule has 0 saturated carbocycles. The fraction of sp³-hybridized carbons (Fsp3) is 0.333. The molecule has 1 atom stereocenters. The normalized spacial score (nSPS) is 12.4. The molecule has 1 aromatic heterocycles. The number of hydrogen-bond donors (Lipinski definition) is 0. The van der Waals surface area contributed by atoms with Gasteiger partial charge in [-0.05, 0) is 18.6 Å². The molecule has 19 heavy (non-hydrogen) atoms. The molecule has 1 heterocycles. The maximum absolute atomic E-state index is 12.4. The first-order chi connectivity index (χ1) is 9.09. The Hall–Kier alpha value is -1.42. The Bertz CT molecular complexity index is 578. The van der Waals surface area contributed by atoms with Crippen molar-refractivity contribution in [1.82, 2.24) is 9.88 Å². The second-order valence-electron chi connectivity index (χ2n) is 4.68. The first-order valence-corrected chi connectivity index (χ1v) is 7.24. The van der Waals surface area contributed by atoms with Crippen LogP contribution in [0.15, 0.2) is 36.5 Å². The lowest BCUT2D eigenvalue weighted by molar-refractivity contribution is 0.0795. The van der Waals surface area contributed by atoms with E-state index in [-0.39, 0.29) is 5.91 Å². The highest BCUT2D eigenvalue weighted by Crippen LogP contribution is 2.17. The van der Waals surface area contributed by atoms with Crippen LogP contribution in [0.4, 0.5) is 0 Å². The monoisotopic (exact) mass is 320 g/mol. The van der Waals surface area contributed by atoms with E-state index in [4.69, 9.17) is 0 Å². The zero-order valence-corrected chi connectivity index (χ0v) is 12.7. The second kappa shape index (κ2) is 6.15. The zero-order chi connectivity index (χ0) is 13.8. The number of benzene rings is 1. The van der Waals surface area contributed by atoms with Crippen molar-refractivity contribution in [1.29, 1.82) is 0 Å². The number of hydrogen-bond acceptors (Lipinski definition) is 2. The number of fused-ring (bicyclic) bond motifs is 1. The Balaban J connectivity index is 2.26. The van der Waals surface area contributed by atoms with Crippen LogP contribution in [-0.2, 0) is 0 Å². The molecule has 0 spiro atoms. The number of carbonyl (C=O) groups is 1. The van der Waals surface area contributed by atoms with E-state index < -0.39 is 0 Å². The minimum Gasteiger partial charge on any atom is -0.342 e. The van der Waals surface area contributed by atoms with E-state index in [1.165, 1.54) is 0 Å². The van der Waals surface area contributed by atoms with Gasteiger partial charge < -0.3 is 4.90 Å². The molecule has 2 aromatic rings. The lowest BCUT2D eigenvalue weighted by Crippen LogP contribution is -2.29. The summed E-state index contributed by atoms with van der Waals surface area (Å²) in [5.41, 5.74) is 1.44. The Morgan fingerprint density at radius 1 is 1.37 bits per heavy atom. The third kappa shape index (κ3) is 3.32. The molecule has 1 amide bonds. The summed E-state index contributed by atoms with van der Waals surface area (Å²) in [5, 5.41) is 0.996. The number of alkyl halides is 1. The molecular formula is C15H17BrN2O. The van der Waals surface area contributed by atoms with Crippen LogP contribution in [0.1, 0.15) is 23.7 Å². The van der Waals surface area contributed by atoms with E-state index in [0.29, 0.717) is 10.4 Å². The third-order valence-corrected chi connectivity index (χ3v) is 3.53. The molecule has 4 heteroatoms. The smallest absolute Gasteiger partial charge is 0.255 e. The first-order valence-electron chi connectivity index (χ1n) is 6.33. The molecule has 2 rings (SSSR count). The highest BCUT2D eigenvalue weighted by atomic mass is 79.9. The van der Waals surface area contributed by atoms with Gasteiger partial charge in [-0.25, -0.2) is 0 Å². The molecule has 0 saturated heterocycles. The van der Waals surface area contributed by atoms with Crippen molar-refractivity contribution in [3.8, 4) is 0 Å². The molecule has 3 nitrogen and oxygen atoms in total. The highest BCUT2D eigenvalue weighted by Gasteiger charge is 2.15. The van der Waals surface area contributed by atoms with E-state index in [1.54, 1.807) is 11.1 Å². The first kappa shape index (κ1) is 14.0. The van der Waals surface area contributed by atoms with Gasteiger partial charge in [0.2, 0.25) is 0 Å². The number of carbonyl (C=O) groups excluding carboxylic acids is 1. The topological polar surface area (TPSA) is 33.2 Å². The van der Waals surface area contributed by atoms with E-state index in [9.17, 15) is 4.79 Å². The molecule has 0 aliphatic rings. The molecule has 0 radical (unpaired) electrons. The molecule has 0 aliphatic carbocycles. The van der Waals surface area contributed by atoms with E-state index >= 15 is 0 Å². The van der Waals surface area contributed by atoms with Crippen molar-refractivity contribution in [2.24, 2.45) is 0 Å². The largest absolute Gasteiger partial charge is 0.342 e. The summed E-state index contributed by atoms with van der Waals surface area (Å²) in [4.78, 5) is 18.9. The van der Waals surface area contributed by atoms with Crippen LogP contribution in [0, 0.1) is 0 Å². The molecule has 0 bridgehead atoms. The molecule has 1 unspecified atom stereocenters. The van der Waals surface area contributed by atoms with Crippen molar-refractivity contribution < 1.29 is 4.79 Å². The van der Waals surface area contributed by atoms with Gasteiger partial charge in [-0.15, -0.1) is 0 Å². The van der Waals surface area contributed by atoms with Crippen molar-refractivity contribution >= 4 is 32.7 Å². The van der Waals surface area contributed by atoms with Gasteiger partial charge >= 0.3 is 0 Å². The number of aromatic nitrogens is 1. The number of rotatable bonds is 4. The number of amides is 1. The standard InChI is InChI=1S/C15H17BrN2O/c1-11(16)8-10-18(2)15(19)13-7-3-5-12-6-4-9-17-14(12)13/h3-7,9,11H,8,10H2,1-2H3. The SMILES string of the molecule is CC(Br)CCN(C)C(=O)c1cccc2cccnc12. The average molecular weight is 321 g/mol. The van der Waals surface area contributed by atoms with E-state index in [2.05, 4.69) is 27.8 Å². The van der Waals surface area contributed by atoms with Gasteiger partial charge in [0.05, 0.1) is 11.1 Å². The summed E-state index contributed by atoms with van der Waals surface area (Å²) < 4.78 is 0. The number of nitrogens with zero attached hydrogens (tertiary/aromatic N) is 2. The number of halogens is 1. The number of para-hydroxylation sites is 1.